The molecule has 0 aliphatic carbocycles. The van der Waals surface area contributed by atoms with Crippen molar-refractivity contribution in [3.8, 4) is 0 Å². The molecular formula is C11H14N2O4. The van der Waals surface area contributed by atoms with Crippen LogP contribution in [-0.4, -0.2) is 46.0 Å². The van der Waals surface area contributed by atoms with Gasteiger partial charge in [0.25, 0.3) is 0 Å². The highest BCUT2D eigenvalue weighted by Crippen LogP contribution is 2.18. The SMILES string of the molecule is C[C@H](CN1C(=O)CCC1=O)N1C(=O)CCC1=O. The first-order chi connectivity index (χ1) is 8.00. The number of amides is 4. The molecule has 2 heterocycles. The molecule has 0 aromatic heterocycles. The van der Waals surface area contributed by atoms with Gasteiger partial charge in [0.15, 0.2) is 0 Å². The molecule has 0 aromatic rings. The largest absolute Gasteiger partial charge is 0.281 e. The lowest BCUT2D eigenvalue weighted by atomic mass is 10.2. The van der Waals surface area contributed by atoms with Gasteiger partial charge in [-0.1, -0.05) is 0 Å². The van der Waals surface area contributed by atoms with E-state index in [-0.39, 0.29) is 55.9 Å². The predicted octanol–water partition coefficient (Wildman–Crippen LogP) is -0.327. The minimum atomic E-state index is -0.427. The quantitative estimate of drug-likeness (QED) is 0.631. The summed E-state index contributed by atoms with van der Waals surface area (Å²) in [5.74, 6) is -0.884. The average molecular weight is 238 g/mol. The molecule has 0 radical (unpaired) electrons. The van der Waals surface area contributed by atoms with Gasteiger partial charge in [-0.05, 0) is 6.92 Å². The summed E-state index contributed by atoms with van der Waals surface area (Å²) >= 11 is 0. The summed E-state index contributed by atoms with van der Waals surface area (Å²) in [6.07, 6.45) is 0.914. The molecule has 2 rings (SSSR count). The Balaban J connectivity index is 2.03. The van der Waals surface area contributed by atoms with Crippen molar-refractivity contribution < 1.29 is 19.2 Å². The van der Waals surface area contributed by atoms with Crippen molar-refractivity contribution in [3.05, 3.63) is 0 Å². The van der Waals surface area contributed by atoms with E-state index in [1.54, 1.807) is 6.92 Å². The summed E-state index contributed by atoms with van der Waals surface area (Å²) in [6.45, 7) is 1.80. The van der Waals surface area contributed by atoms with Crippen LogP contribution < -0.4 is 0 Å². The van der Waals surface area contributed by atoms with E-state index in [9.17, 15) is 19.2 Å². The molecule has 2 saturated heterocycles. The van der Waals surface area contributed by atoms with Crippen LogP contribution in [0.1, 0.15) is 32.6 Å². The number of hydrogen-bond acceptors (Lipinski definition) is 4. The molecule has 0 aromatic carbocycles. The van der Waals surface area contributed by atoms with Gasteiger partial charge in [-0.25, -0.2) is 0 Å². The summed E-state index contributed by atoms with van der Waals surface area (Å²) < 4.78 is 0. The lowest BCUT2D eigenvalue weighted by Gasteiger charge is -2.26. The maximum Gasteiger partial charge on any atom is 0.229 e. The fourth-order valence-corrected chi connectivity index (χ4v) is 2.26. The Hall–Kier alpha value is -1.72. The number of likely N-dealkylation sites (tertiary alicyclic amines) is 2. The zero-order valence-electron chi connectivity index (χ0n) is 9.64. The van der Waals surface area contributed by atoms with Crippen LogP contribution in [0.3, 0.4) is 0 Å². The molecule has 1 atom stereocenters. The summed E-state index contributed by atoms with van der Waals surface area (Å²) in [5, 5.41) is 0. The van der Waals surface area contributed by atoms with E-state index in [2.05, 4.69) is 0 Å². The van der Waals surface area contributed by atoms with E-state index in [0.717, 1.165) is 4.90 Å². The lowest BCUT2D eigenvalue weighted by Crippen LogP contribution is -2.46. The molecule has 2 aliphatic heterocycles. The highest BCUT2D eigenvalue weighted by Gasteiger charge is 2.37. The molecule has 17 heavy (non-hydrogen) atoms. The van der Waals surface area contributed by atoms with Crippen molar-refractivity contribution in [1.29, 1.82) is 0 Å². The highest BCUT2D eigenvalue weighted by atomic mass is 16.2. The van der Waals surface area contributed by atoms with Crippen molar-refractivity contribution in [2.75, 3.05) is 6.54 Å². The standard InChI is InChI=1S/C11H14N2O4/c1-7(13-10(16)4-5-11(13)17)6-12-8(14)2-3-9(12)15/h7H,2-6H2,1H3/t7-/m1/s1. The molecule has 0 spiro atoms. The van der Waals surface area contributed by atoms with Gasteiger partial charge in [-0.3, -0.25) is 29.0 Å². The first-order valence-electron chi connectivity index (χ1n) is 5.69. The van der Waals surface area contributed by atoms with Crippen molar-refractivity contribution >= 4 is 23.6 Å². The number of imide groups is 2. The summed E-state index contributed by atoms with van der Waals surface area (Å²) in [6, 6.07) is -0.427. The monoisotopic (exact) mass is 238 g/mol. The van der Waals surface area contributed by atoms with Crippen molar-refractivity contribution in [3.63, 3.8) is 0 Å². The summed E-state index contributed by atoms with van der Waals surface area (Å²) in [4.78, 5) is 48.1. The maximum atomic E-state index is 11.5. The molecule has 2 aliphatic rings. The Bertz CT molecular complexity index is 372. The smallest absolute Gasteiger partial charge is 0.229 e. The van der Waals surface area contributed by atoms with E-state index in [1.807, 2.05) is 0 Å². The molecule has 0 N–H and O–H groups in total. The number of hydrogen-bond donors (Lipinski definition) is 0. The molecule has 0 bridgehead atoms. The molecule has 6 nitrogen and oxygen atoms in total. The number of rotatable bonds is 3. The Morgan fingerprint density at radius 3 is 1.76 bits per heavy atom. The van der Waals surface area contributed by atoms with Gasteiger partial charge < -0.3 is 0 Å². The zero-order valence-corrected chi connectivity index (χ0v) is 9.64. The Kier molecular flexibility index (Phi) is 2.95. The second-order valence-electron chi connectivity index (χ2n) is 4.40. The minimum absolute atomic E-state index is 0.120. The van der Waals surface area contributed by atoms with E-state index >= 15 is 0 Å². The van der Waals surface area contributed by atoms with Crippen LogP contribution in [0.4, 0.5) is 0 Å². The van der Waals surface area contributed by atoms with Gasteiger partial charge in [0.1, 0.15) is 0 Å². The third-order valence-electron chi connectivity index (χ3n) is 3.13. The molecular weight excluding hydrogens is 224 g/mol. The van der Waals surface area contributed by atoms with E-state index in [0.29, 0.717) is 0 Å². The Morgan fingerprint density at radius 1 is 0.882 bits per heavy atom. The summed E-state index contributed by atoms with van der Waals surface area (Å²) in [5.41, 5.74) is 0. The summed E-state index contributed by atoms with van der Waals surface area (Å²) in [7, 11) is 0. The van der Waals surface area contributed by atoms with Gasteiger partial charge in [-0.2, -0.15) is 0 Å². The second-order valence-corrected chi connectivity index (χ2v) is 4.40. The number of carbonyl (C=O) groups is 4. The molecule has 0 saturated carbocycles. The predicted molar refractivity (Wildman–Crippen MR) is 56.5 cm³/mol. The topological polar surface area (TPSA) is 74.8 Å². The van der Waals surface area contributed by atoms with E-state index < -0.39 is 6.04 Å². The van der Waals surface area contributed by atoms with Crippen LogP contribution in [0.2, 0.25) is 0 Å². The average Bonchev–Trinajstić information content (AvgIpc) is 2.75. The van der Waals surface area contributed by atoms with Crippen molar-refractivity contribution in [2.45, 2.75) is 38.6 Å². The maximum absolute atomic E-state index is 11.5. The van der Waals surface area contributed by atoms with Crippen LogP contribution in [0.25, 0.3) is 0 Å². The number of carbonyl (C=O) groups excluding carboxylic acids is 4. The minimum Gasteiger partial charge on any atom is -0.281 e. The highest BCUT2D eigenvalue weighted by molar-refractivity contribution is 6.03. The molecule has 2 fully saturated rings. The fourth-order valence-electron chi connectivity index (χ4n) is 2.26. The molecule has 92 valence electrons. The zero-order chi connectivity index (χ0) is 12.6. The van der Waals surface area contributed by atoms with Gasteiger partial charge in [0, 0.05) is 32.2 Å². The van der Waals surface area contributed by atoms with Crippen molar-refractivity contribution in [2.24, 2.45) is 0 Å². The van der Waals surface area contributed by atoms with Crippen LogP contribution in [0.15, 0.2) is 0 Å². The van der Waals surface area contributed by atoms with Crippen molar-refractivity contribution in [1.82, 2.24) is 9.80 Å². The van der Waals surface area contributed by atoms with Gasteiger partial charge in [-0.15, -0.1) is 0 Å². The van der Waals surface area contributed by atoms with Crippen LogP contribution in [-0.2, 0) is 19.2 Å². The third-order valence-corrected chi connectivity index (χ3v) is 3.13. The number of nitrogens with zero attached hydrogens (tertiary/aromatic N) is 2. The molecule has 6 heteroatoms. The first-order valence-corrected chi connectivity index (χ1v) is 5.69. The fraction of sp³-hybridized carbons (Fsp3) is 0.636. The molecule has 4 amide bonds. The van der Waals surface area contributed by atoms with Gasteiger partial charge in [0.2, 0.25) is 23.6 Å². The first kappa shape index (κ1) is 11.8. The normalized spacial score (nSPS) is 22.9. The molecule has 0 unspecified atom stereocenters. The second kappa shape index (κ2) is 4.27. The van der Waals surface area contributed by atoms with E-state index in [4.69, 9.17) is 0 Å². The lowest BCUT2D eigenvalue weighted by molar-refractivity contribution is -0.146. The van der Waals surface area contributed by atoms with E-state index in [1.165, 1.54) is 4.90 Å². The third kappa shape index (κ3) is 2.07. The van der Waals surface area contributed by atoms with Gasteiger partial charge >= 0.3 is 0 Å². The Labute approximate surface area is 98.5 Å². The van der Waals surface area contributed by atoms with Crippen LogP contribution in [0.5, 0.6) is 0 Å². The van der Waals surface area contributed by atoms with Crippen LogP contribution in [0, 0.1) is 0 Å². The van der Waals surface area contributed by atoms with Crippen LogP contribution >= 0.6 is 0 Å². The Morgan fingerprint density at radius 2 is 1.29 bits per heavy atom. The van der Waals surface area contributed by atoms with Gasteiger partial charge in [0.05, 0.1) is 6.04 Å².